The smallest absolute Gasteiger partial charge is 0.223 e. The highest BCUT2D eigenvalue weighted by Gasteiger charge is 2.30. The molecule has 5 heterocycles. The van der Waals surface area contributed by atoms with Gasteiger partial charge in [0.25, 0.3) is 0 Å². The molecule has 0 saturated carbocycles. The molecule has 0 bridgehead atoms. The van der Waals surface area contributed by atoms with Crippen LogP contribution in [0.5, 0.6) is 0 Å². The van der Waals surface area contributed by atoms with Crippen molar-refractivity contribution in [2.24, 2.45) is 0 Å². The second-order valence-electron chi connectivity index (χ2n) is 21.1. The van der Waals surface area contributed by atoms with Crippen LogP contribution in [-0.2, 0) is 5.41 Å². The molecule has 0 aliphatic rings. The summed E-state index contributed by atoms with van der Waals surface area (Å²) in [4.78, 5) is 21.5. The van der Waals surface area contributed by atoms with Gasteiger partial charge >= 0.3 is 0 Å². The number of nitrogens with zero attached hydrogens (tertiary/aromatic N) is 8. The quantitative estimate of drug-likeness (QED) is 0.152. The van der Waals surface area contributed by atoms with E-state index in [1.165, 1.54) is 16.7 Å². The van der Waals surface area contributed by atoms with E-state index in [9.17, 15) is 0 Å². The van der Waals surface area contributed by atoms with Crippen LogP contribution < -0.4 is 0 Å². The minimum absolute atomic E-state index is 0.346. The molecule has 370 valence electrons. The Morgan fingerprint density at radius 1 is 0.346 bits per heavy atom. The molecule has 15 aromatic rings. The van der Waals surface area contributed by atoms with Crippen molar-refractivity contribution in [3.8, 4) is 78.3 Å². The van der Waals surface area contributed by atoms with Crippen LogP contribution in [0.25, 0.3) is 134 Å². The van der Waals surface area contributed by atoms with E-state index in [2.05, 4.69) is 257 Å². The van der Waals surface area contributed by atoms with E-state index in [0.717, 1.165) is 123 Å². The van der Waals surface area contributed by atoms with E-state index in [4.69, 9.17) is 19.9 Å². The van der Waals surface area contributed by atoms with Crippen molar-refractivity contribution in [2.45, 2.75) is 26.2 Å². The lowest BCUT2D eigenvalue weighted by molar-refractivity contribution is 0.596. The van der Waals surface area contributed by atoms with Crippen LogP contribution in [0.3, 0.4) is 0 Å². The normalized spacial score (nSPS) is 12.0. The number of aromatic nitrogens is 8. The first-order valence-corrected chi connectivity index (χ1v) is 26.6. The summed E-state index contributed by atoms with van der Waals surface area (Å²) in [5, 5.41) is 0. The number of imidazole rings is 4. The zero-order valence-corrected chi connectivity index (χ0v) is 43.2. The average Bonchev–Trinajstić information content (AvgIpc) is 4.03. The second kappa shape index (κ2) is 17.7. The van der Waals surface area contributed by atoms with Gasteiger partial charge in [0.05, 0.1) is 50.7 Å². The molecule has 8 nitrogen and oxygen atoms in total. The van der Waals surface area contributed by atoms with Crippen molar-refractivity contribution in [1.82, 2.24) is 37.9 Å². The molecule has 0 unspecified atom stereocenters. The third kappa shape index (κ3) is 7.07. The molecule has 10 aromatic carbocycles. The van der Waals surface area contributed by atoms with Gasteiger partial charge in [-0.3, -0.25) is 17.9 Å². The summed E-state index contributed by atoms with van der Waals surface area (Å²) in [5.41, 5.74) is 23.5. The zero-order chi connectivity index (χ0) is 52.1. The molecular formula is C70H50N8. The Kier molecular flexibility index (Phi) is 10.3. The molecule has 15 rings (SSSR count). The van der Waals surface area contributed by atoms with E-state index >= 15 is 0 Å². The fourth-order valence-electron chi connectivity index (χ4n) is 12.1. The fraction of sp³-hybridized carbons (Fsp3) is 0.0571. The fourth-order valence-corrected chi connectivity index (χ4v) is 12.1. The van der Waals surface area contributed by atoms with E-state index in [0.29, 0.717) is 0 Å². The van der Waals surface area contributed by atoms with Gasteiger partial charge in [0.2, 0.25) is 11.6 Å². The minimum atomic E-state index is -0.346. The van der Waals surface area contributed by atoms with Crippen molar-refractivity contribution in [3.63, 3.8) is 0 Å². The molecule has 8 heteroatoms. The van der Waals surface area contributed by atoms with Crippen LogP contribution in [0.4, 0.5) is 0 Å². The number of hydrogen-bond donors (Lipinski definition) is 0. The van der Waals surface area contributed by atoms with Crippen LogP contribution in [0.15, 0.2) is 249 Å². The standard InChI is InChI=1S/C70H50N8/c1-70(2,3)64-52(57-44-71-66-67(72-57)76(50-33-17-8-18-34-50)69-73-55-36-19-20-37-58(55)78(66)69)40-41-56-65(64)77-60-39-22-21-38-59(60)75(68(77)74-56)51-35-23-32-49(42-51)62-54(46-26-11-5-12-27-46)43-53(45-24-9-4-10-25-45)61(47-28-13-6-14-29-47)63(62)48-30-15-7-16-31-48/h4-44H,1-3H3. The number of fused-ring (bicyclic) bond motifs is 10. The number of hydrogen-bond acceptors (Lipinski definition) is 4. The molecule has 0 saturated heterocycles. The van der Waals surface area contributed by atoms with Crippen molar-refractivity contribution >= 4 is 55.9 Å². The highest BCUT2D eigenvalue weighted by atomic mass is 15.3. The van der Waals surface area contributed by atoms with Crippen molar-refractivity contribution in [2.75, 3.05) is 0 Å². The van der Waals surface area contributed by atoms with Gasteiger partial charge in [-0.05, 0) is 127 Å². The van der Waals surface area contributed by atoms with Gasteiger partial charge in [-0.1, -0.05) is 203 Å². The van der Waals surface area contributed by atoms with Gasteiger partial charge in [-0.15, -0.1) is 0 Å². The van der Waals surface area contributed by atoms with E-state index in [1.54, 1.807) is 0 Å². The third-order valence-corrected chi connectivity index (χ3v) is 15.3. The molecule has 0 fully saturated rings. The monoisotopic (exact) mass is 1000 g/mol. The predicted molar refractivity (Wildman–Crippen MR) is 320 cm³/mol. The van der Waals surface area contributed by atoms with Gasteiger partial charge in [0.15, 0.2) is 11.3 Å². The Labute approximate surface area is 450 Å². The molecule has 0 atom stereocenters. The predicted octanol–water partition coefficient (Wildman–Crippen LogP) is 17.3. The number of benzene rings is 10. The van der Waals surface area contributed by atoms with E-state index in [-0.39, 0.29) is 5.41 Å². The molecule has 0 radical (unpaired) electrons. The van der Waals surface area contributed by atoms with Crippen molar-refractivity contribution in [1.29, 1.82) is 0 Å². The van der Waals surface area contributed by atoms with Crippen LogP contribution in [0.2, 0.25) is 0 Å². The van der Waals surface area contributed by atoms with Gasteiger partial charge in [0.1, 0.15) is 0 Å². The summed E-state index contributed by atoms with van der Waals surface area (Å²) in [6, 6.07) is 86.5. The first-order chi connectivity index (χ1) is 38.4. The lowest BCUT2D eigenvalue weighted by Gasteiger charge is -2.24. The molecule has 0 N–H and O–H groups in total. The number of rotatable bonds is 8. The Morgan fingerprint density at radius 2 is 0.859 bits per heavy atom. The number of para-hydroxylation sites is 5. The Morgan fingerprint density at radius 3 is 1.51 bits per heavy atom. The zero-order valence-electron chi connectivity index (χ0n) is 43.2. The molecular weight excluding hydrogens is 953 g/mol. The maximum atomic E-state index is 5.60. The Hall–Kier alpha value is -10.2. The van der Waals surface area contributed by atoms with Gasteiger partial charge < -0.3 is 0 Å². The van der Waals surface area contributed by atoms with Crippen molar-refractivity contribution < 1.29 is 0 Å². The van der Waals surface area contributed by atoms with Crippen LogP contribution >= 0.6 is 0 Å². The van der Waals surface area contributed by atoms with Gasteiger partial charge in [-0.25, -0.2) is 19.9 Å². The summed E-state index contributed by atoms with van der Waals surface area (Å²) in [6.45, 7) is 6.86. The van der Waals surface area contributed by atoms with Crippen LogP contribution in [0.1, 0.15) is 26.3 Å². The summed E-state index contributed by atoms with van der Waals surface area (Å²) < 4.78 is 8.96. The molecule has 0 amide bonds. The largest absolute Gasteiger partial charge is 0.278 e. The van der Waals surface area contributed by atoms with E-state index in [1.807, 2.05) is 30.5 Å². The van der Waals surface area contributed by atoms with Crippen LogP contribution in [0, 0.1) is 0 Å². The SMILES string of the molecule is CC(C)(C)c1c(-c2cnc3c(n2)n(-c2ccccc2)c2nc4ccccc4n32)ccc2nc3n(-c4cccc(-c5c(-c6ccccc6)cc(-c6ccccc6)c(-c6ccccc6)c5-c5ccccc5)c4)c4ccccc4n3c12. The topological polar surface area (TPSA) is 70.2 Å². The molecule has 0 aliphatic heterocycles. The van der Waals surface area contributed by atoms with Crippen LogP contribution in [-0.4, -0.2) is 37.9 Å². The van der Waals surface area contributed by atoms with E-state index < -0.39 is 0 Å². The Balaban J connectivity index is 0.982. The van der Waals surface area contributed by atoms with Gasteiger partial charge in [-0.2, -0.15) is 0 Å². The summed E-state index contributed by atoms with van der Waals surface area (Å²) in [7, 11) is 0. The lowest BCUT2D eigenvalue weighted by Crippen LogP contribution is -2.15. The molecule has 5 aromatic heterocycles. The van der Waals surface area contributed by atoms with Crippen molar-refractivity contribution in [3.05, 3.63) is 254 Å². The summed E-state index contributed by atoms with van der Waals surface area (Å²) in [5.74, 6) is 1.60. The summed E-state index contributed by atoms with van der Waals surface area (Å²) in [6.07, 6.45) is 1.93. The minimum Gasteiger partial charge on any atom is -0.278 e. The maximum absolute atomic E-state index is 5.60. The first kappa shape index (κ1) is 45.2. The lowest BCUT2D eigenvalue weighted by atomic mass is 9.79. The molecule has 78 heavy (non-hydrogen) atoms. The highest BCUT2D eigenvalue weighted by Crippen LogP contribution is 2.51. The Bertz CT molecular complexity index is 4790. The second-order valence-corrected chi connectivity index (χ2v) is 21.1. The van der Waals surface area contributed by atoms with Gasteiger partial charge in [0, 0.05) is 11.3 Å². The summed E-state index contributed by atoms with van der Waals surface area (Å²) >= 11 is 0. The molecule has 0 aliphatic carbocycles. The highest BCUT2D eigenvalue weighted by molar-refractivity contribution is 6.08. The average molecular weight is 1000 g/mol. The maximum Gasteiger partial charge on any atom is 0.223 e. The molecule has 0 spiro atoms. The third-order valence-electron chi connectivity index (χ3n) is 15.3. The first-order valence-electron chi connectivity index (χ1n) is 26.6.